The van der Waals surface area contributed by atoms with E-state index in [0.29, 0.717) is 35.5 Å². The van der Waals surface area contributed by atoms with Gasteiger partial charge in [-0.3, -0.25) is 4.90 Å². The lowest BCUT2D eigenvalue weighted by atomic mass is 9.95. The van der Waals surface area contributed by atoms with E-state index in [4.69, 9.17) is 33.3 Å². The van der Waals surface area contributed by atoms with Gasteiger partial charge in [-0.05, 0) is 103 Å². The third kappa shape index (κ3) is 9.97. The van der Waals surface area contributed by atoms with E-state index in [2.05, 4.69) is 50.0 Å². The average molecular weight is 1090 g/mol. The fraction of sp³-hybridized carbons (Fsp3) is 0.367. The number of piperazine rings is 1. The van der Waals surface area contributed by atoms with Gasteiger partial charge >= 0.3 is 12.3 Å². The second kappa shape index (κ2) is 20.8. The zero-order valence-electron chi connectivity index (χ0n) is 45.1. The zero-order valence-corrected chi connectivity index (χ0v) is 46.1. The number of nitrogens with zero attached hydrogens (tertiary/aromatic N) is 6. The molecule has 1 amide bonds. The van der Waals surface area contributed by atoms with Gasteiger partial charge in [0.1, 0.15) is 57.8 Å². The lowest BCUT2D eigenvalue weighted by molar-refractivity contribution is -0.137. The minimum absolute atomic E-state index is 0.0302. The van der Waals surface area contributed by atoms with Crippen LogP contribution >= 0.6 is 0 Å². The molecule has 5 heterocycles. The number of carbonyl (C=O) groups excluding carboxylic acids is 1. The summed E-state index contributed by atoms with van der Waals surface area (Å²) < 4.78 is 114. The number of ether oxygens (including phenoxy) is 4. The second-order valence-corrected chi connectivity index (χ2v) is 26.6. The molecule has 78 heavy (non-hydrogen) atoms. The quantitative estimate of drug-likeness (QED) is 0.0813. The summed E-state index contributed by atoms with van der Waals surface area (Å²) in [4.78, 5) is 33.6. The fourth-order valence-corrected chi connectivity index (χ4v) is 16.4. The van der Waals surface area contributed by atoms with Crippen LogP contribution in [-0.2, 0) is 28.4 Å². The molecule has 1 unspecified atom stereocenters. The minimum atomic E-state index is -5.19. The van der Waals surface area contributed by atoms with E-state index in [1.165, 1.54) is 20.5 Å². The maximum Gasteiger partial charge on any atom is 0.417 e. The summed E-state index contributed by atoms with van der Waals surface area (Å²) in [6.07, 6.45) is -4.38. The molecule has 2 aromatic heterocycles. The van der Waals surface area contributed by atoms with Crippen LogP contribution in [0.3, 0.4) is 0 Å². The highest BCUT2D eigenvalue weighted by Crippen LogP contribution is 2.49. The Bertz CT molecular complexity index is 3240. The number of hydrogen-bond acceptors (Lipinski definition) is 11. The third-order valence-electron chi connectivity index (χ3n) is 15.2. The largest absolute Gasteiger partial charge is 0.497 e. The molecule has 10 rings (SSSR count). The van der Waals surface area contributed by atoms with Crippen molar-refractivity contribution in [3.05, 3.63) is 155 Å². The van der Waals surface area contributed by atoms with E-state index < -0.39 is 83.4 Å². The molecule has 12 nitrogen and oxygen atoms in total. The highest BCUT2D eigenvalue weighted by atomic mass is 28.4. The molecule has 408 valence electrons. The molecule has 3 aliphatic rings. The number of methoxy groups -OCH3 is 2. The Kier molecular flexibility index (Phi) is 14.4. The molecular weight excluding hydrogens is 1020 g/mol. The van der Waals surface area contributed by atoms with Crippen LogP contribution in [0.5, 0.6) is 17.4 Å². The highest BCUT2D eigenvalue weighted by molar-refractivity contribution is 6.99. The second-order valence-electron chi connectivity index (χ2n) is 22.3. The first kappa shape index (κ1) is 54.1. The van der Waals surface area contributed by atoms with Crippen molar-refractivity contribution in [2.75, 3.05) is 37.2 Å². The van der Waals surface area contributed by atoms with Gasteiger partial charge in [-0.25, -0.2) is 28.5 Å². The van der Waals surface area contributed by atoms with Gasteiger partial charge in [0.05, 0.1) is 50.2 Å². The number of anilines is 2. The first-order valence-electron chi connectivity index (χ1n) is 26.1. The number of fused-ring (bicyclic) bond motifs is 5. The SMILES string of the molecule is COc1ccc(CN(Cc2ccc(OC)cc2)c2cc(-c3nc4c5c(ncnc5c3F)N3C[C@H]5CC[C@@H]([C@H]3C(CO[Si](c3ccccc3)(c3ccccc3)C(C)(C)C)O4)N5C(=O)OC(C)(C)C)c(C(F)(F)F)c(C)c2F)cc1. The third-order valence-corrected chi connectivity index (χ3v) is 20.2. The Morgan fingerprint density at radius 3 is 1.88 bits per heavy atom. The summed E-state index contributed by atoms with van der Waals surface area (Å²) in [5, 5.41) is 1.53. The summed E-state index contributed by atoms with van der Waals surface area (Å²) in [6, 6.07) is 33.5. The first-order chi connectivity index (χ1) is 37.1. The molecular formula is C60H63F5N6O6Si. The molecule has 4 atom stereocenters. The minimum Gasteiger partial charge on any atom is -0.497 e. The van der Waals surface area contributed by atoms with Crippen LogP contribution in [-0.4, -0.2) is 91.5 Å². The number of pyridine rings is 1. The molecule has 2 saturated heterocycles. The number of halogens is 5. The lowest BCUT2D eigenvalue weighted by Gasteiger charge is -2.49. The van der Waals surface area contributed by atoms with Crippen molar-refractivity contribution in [1.82, 2.24) is 19.9 Å². The number of rotatable bonds is 13. The summed E-state index contributed by atoms with van der Waals surface area (Å²) in [5.41, 5.74) is -3.65. The fourth-order valence-electron chi connectivity index (χ4n) is 11.8. The molecule has 0 spiro atoms. The van der Waals surface area contributed by atoms with Crippen LogP contribution in [0.25, 0.3) is 22.2 Å². The Labute approximate surface area is 452 Å². The summed E-state index contributed by atoms with van der Waals surface area (Å²) in [6.45, 7) is 13.1. The van der Waals surface area contributed by atoms with Crippen molar-refractivity contribution < 1.29 is 50.1 Å². The summed E-state index contributed by atoms with van der Waals surface area (Å²) in [7, 11) is -0.271. The van der Waals surface area contributed by atoms with Crippen molar-refractivity contribution in [3.8, 4) is 28.6 Å². The Hall–Kier alpha value is -7.31. The molecule has 0 saturated carbocycles. The number of alkyl halides is 3. The number of amides is 1. The maximum absolute atomic E-state index is 18.0. The normalized spacial score (nSPS) is 18.3. The van der Waals surface area contributed by atoms with E-state index in [1.54, 1.807) is 79.1 Å². The van der Waals surface area contributed by atoms with Gasteiger partial charge in [0, 0.05) is 25.2 Å². The van der Waals surface area contributed by atoms with Gasteiger partial charge in [0.15, 0.2) is 5.82 Å². The van der Waals surface area contributed by atoms with Crippen LogP contribution in [0.4, 0.5) is 38.3 Å². The molecule has 7 aromatic rings. The standard InChI is InChI=1S/C60H63F5N6O6Si/c1-36-49(60(63,64)65)44(30-46(50(36)61)69(31-37-20-25-40(73-8)26-21-37)32-38-22-27-41(74-9)28-23-38)52-51(62)53-48-55(67-35-66-53)70-33-39-24-29-45(71(39)57(72)77-58(2,3)4)54(70)47(76-56(48)68-52)34-75-78(59(5,6)7,42-16-12-10-13-17-42)43-18-14-11-15-19-43/h10-23,25-28,30,35,39,45,47,54H,24,29,31-34H2,1-9H3/t39-,45+,47?,54+/m1/s1. The van der Waals surface area contributed by atoms with Crippen LogP contribution in [0.2, 0.25) is 5.04 Å². The van der Waals surface area contributed by atoms with Crippen molar-refractivity contribution in [2.24, 2.45) is 0 Å². The smallest absolute Gasteiger partial charge is 0.417 e. The topological polar surface area (TPSA) is 112 Å². The van der Waals surface area contributed by atoms with Gasteiger partial charge in [0.25, 0.3) is 8.32 Å². The Morgan fingerprint density at radius 1 is 0.782 bits per heavy atom. The van der Waals surface area contributed by atoms with Crippen LogP contribution in [0.15, 0.2) is 122 Å². The number of hydrogen-bond donors (Lipinski definition) is 0. The van der Waals surface area contributed by atoms with Crippen LogP contribution < -0.4 is 34.4 Å². The van der Waals surface area contributed by atoms with E-state index in [-0.39, 0.29) is 60.6 Å². The molecule has 0 aliphatic carbocycles. The summed E-state index contributed by atoms with van der Waals surface area (Å²) in [5.74, 6) is -1.18. The predicted octanol–water partition coefficient (Wildman–Crippen LogP) is 11.8. The molecule has 0 radical (unpaired) electrons. The highest BCUT2D eigenvalue weighted by Gasteiger charge is 2.57. The summed E-state index contributed by atoms with van der Waals surface area (Å²) >= 11 is 0. The van der Waals surface area contributed by atoms with E-state index in [9.17, 15) is 4.79 Å². The van der Waals surface area contributed by atoms with Crippen LogP contribution in [0, 0.1) is 18.6 Å². The van der Waals surface area contributed by atoms with Gasteiger partial charge in [0.2, 0.25) is 5.88 Å². The van der Waals surface area contributed by atoms with Crippen molar-refractivity contribution >= 4 is 47.2 Å². The first-order valence-corrected chi connectivity index (χ1v) is 28.0. The van der Waals surface area contributed by atoms with E-state index >= 15 is 22.0 Å². The van der Waals surface area contributed by atoms with Gasteiger partial charge in [-0.1, -0.05) is 106 Å². The van der Waals surface area contributed by atoms with Gasteiger partial charge < -0.3 is 33.2 Å². The van der Waals surface area contributed by atoms with E-state index in [0.717, 1.165) is 23.4 Å². The Balaban J connectivity index is 1.17. The van der Waals surface area contributed by atoms with E-state index in [1.807, 2.05) is 41.3 Å². The number of aromatic nitrogens is 3. The monoisotopic (exact) mass is 1090 g/mol. The molecule has 3 aliphatic heterocycles. The van der Waals surface area contributed by atoms with Crippen LogP contribution in [0.1, 0.15) is 76.6 Å². The van der Waals surface area contributed by atoms with Crippen molar-refractivity contribution in [2.45, 2.75) is 115 Å². The van der Waals surface area contributed by atoms with Gasteiger partial charge in [-0.15, -0.1) is 0 Å². The predicted molar refractivity (Wildman–Crippen MR) is 292 cm³/mol. The number of carbonyl (C=O) groups is 1. The molecule has 0 N–H and O–H groups in total. The van der Waals surface area contributed by atoms with Crippen molar-refractivity contribution in [1.29, 1.82) is 0 Å². The van der Waals surface area contributed by atoms with Gasteiger partial charge in [-0.2, -0.15) is 13.2 Å². The lowest BCUT2D eigenvalue weighted by Crippen LogP contribution is -2.69. The average Bonchev–Trinajstić information content (AvgIpc) is 3.91. The molecule has 2 bridgehead atoms. The number of benzene rings is 5. The van der Waals surface area contributed by atoms with Crippen molar-refractivity contribution in [3.63, 3.8) is 0 Å². The zero-order chi connectivity index (χ0) is 55.5. The molecule has 5 aromatic carbocycles. The molecule has 18 heteroatoms. The maximum atomic E-state index is 18.0. The Morgan fingerprint density at radius 2 is 1.36 bits per heavy atom. The molecule has 2 fully saturated rings.